The molecule has 0 saturated carbocycles. The van der Waals surface area contributed by atoms with E-state index in [-0.39, 0.29) is 5.91 Å². The third-order valence-corrected chi connectivity index (χ3v) is 3.77. The molecule has 0 aliphatic rings. The van der Waals surface area contributed by atoms with Gasteiger partial charge in [0.2, 0.25) is 0 Å². The molecule has 106 valence electrons. The Bertz CT molecular complexity index is 563. The van der Waals surface area contributed by atoms with Gasteiger partial charge in [0.25, 0.3) is 5.91 Å². The van der Waals surface area contributed by atoms with Gasteiger partial charge in [0.15, 0.2) is 0 Å². The topological polar surface area (TPSA) is 47.6 Å². The Labute approximate surface area is 122 Å². The molecule has 0 unspecified atom stereocenters. The van der Waals surface area contributed by atoms with Crippen LogP contribution in [0.4, 0.5) is 0 Å². The Balaban J connectivity index is 2.05. The number of amides is 1. The normalized spacial score (nSPS) is 10.3. The smallest absolute Gasteiger partial charge is 0.261 e. The zero-order valence-electron chi connectivity index (χ0n) is 11.5. The van der Waals surface area contributed by atoms with Crippen molar-refractivity contribution >= 4 is 17.2 Å². The lowest BCUT2D eigenvalue weighted by molar-refractivity contribution is 0.0941. The summed E-state index contributed by atoms with van der Waals surface area (Å²) in [7, 11) is 3.25. The van der Waals surface area contributed by atoms with E-state index in [9.17, 15) is 4.79 Å². The highest BCUT2D eigenvalue weighted by Crippen LogP contribution is 2.27. The molecule has 1 heterocycles. The molecule has 1 amide bonds. The van der Waals surface area contributed by atoms with Gasteiger partial charge in [-0.05, 0) is 34.7 Å². The molecule has 1 N–H and O–H groups in total. The average Bonchev–Trinajstić information content (AvgIpc) is 2.97. The van der Waals surface area contributed by atoms with Crippen LogP contribution in [0.15, 0.2) is 35.7 Å². The molecule has 0 spiro atoms. The van der Waals surface area contributed by atoms with Crippen LogP contribution in [0.2, 0.25) is 0 Å². The van der Waals surface area contributed by atoms with Crippen molar-refractivity contribution in [2.75, 3.05) is 27.4 Å². The van der Waals surface area contributed by atoms with Crippen molar-refractivity contribution in [3.8, 4) is 16.9 Å². The minimum Gasteiger partial charge on any atom is -0.497 e. The monoisotopic (exact) mass is 291 g/mol. The van der Waals surface area contributed by atoms with Gasteiger partial charge in [-0.3, -0.25) is 4.79 Å². The molecule has 2 aromatic rings. The fourth-order valence-electron chi connectivity index (χ4n) is 1.74. The number of hydrogen-bond donors (Lipinski definition) is 1. The lowest BCUT2D eigenvalue weighted by Crippen LogP contribution is -2.26. The SMILES string of the molecule is COCCNC(=O)c1cc(-c2ccc(OC)cc2)cs1. The summed E-state index contributed by atoms with van der Waals surface area (Å²) in [6.07, 6.45) is 0. The van der Waals surface area contributed by atoms with Gasteiger partial charge in [0, 0.05) is 13.7 Å². The molecule has 2 rings (SSSR count). The number of carbonyl (C=O) groups excluding carboxylic acids is 1. The minimum atomic E-state index is -0.0631. The average molecular weight is 291 g/mol. The Kier molecular flexibility index (Phi) is 5.15. The van der Waals surface area contributed by atoms with E-state index in [4.69, 9.17) is 9.47 Å². The molecule has 20 heavy (non-hydrogen) atoms. The van der Waals surface area contributed by atoms with Crippen LogP contribution < -0.4 is 10.1 Å². The van der Waals surface area contributed by atoms with Crippen LogP contribution in [0, 0.1) is 0 Å². The zero-order chi connectivity index (χ0) is 14.4. The molecule has 1 aromatic carbocycles. The Morgan fingerprint density at radius 3 is 2.60 bits per heavy atom. The first kappa shape index (κ1) is 14.6. The summed E-state index contributed by atoms with van der Waals surface area (Å²) in [5.74, 6) is 0.758. The quantitative estimate of drug-likeness (QED) is 0.833. The van der Waals surface area contributed by atoms with Gasteiger partial charge in [-0.1, -0.05) is 12.1 Å². The van der Waals surface area contributed by atoms with Crippen molar-refractivity contribution in [1.82, 2.24) is 5.32 Å². The van der Waals surface area contributed by atoms with Gasteiger partial charge < -0.3 is 14.8 Å². The number of ether oxygens (including phenoxy) is 2. The first-order valence-corrected chi connectivity index (χ1v) is 7.12. The van der Waals surface area contributed by atoms with Gasteiger partial charge in [-0.15, -0.1) is 11.3 Å². The second-order valence-electron chi connectivity index (χ2n) is 4.18. The number of methoxy groups -OCH3 is 2. The van der Waals surface area contributed by atoms with Gasteiger partial charge in [0.05, 0.1) is 18.6 Å². The van der Waals surface area contributed by atoms with E-state index in [1.54, 1.807) is 14.2 Å². The van der Waals surface area contributed by atoms with Gasteiger partial charge in [-0.25, -0.2) is 0 Å². The van der Waals surface area contributed by atoms with Crippen LogP contribution in [0.3, 0.4) is 0 Å². The molecular formula is C15H17NO3S. The summed E-state index contributed by atoms with van der Waals surface area (Å²) in [6.45, 7) is 1.04. The maximum atomic E-state index is 11.9. The highest BCUT2D eigenvalue weighted by molar-refractivity contribution is 7.12. The fraction of sp³-hybridized carbons (Fsp3) is 0.267. The van der Waals surface area contributed by atoms with Crippen LogP contribution >= 0.6 is 11.3 Å². The standard InChI is InChI=1S/C15H17NO3S/c1-18-8-7-16-15(17)14-9-12(10-20-14)11-3-5-13(19-2)6-4-11/h3-6,9-10H,7-8H2,1-2H3,(H,16,17). The lowest BCUT2D eigenvalue weighted by Gasteiger charge is -2.02. The Hall–Kier alpha value is -1.85. The van der Waals surface area contributed by atoms with E-state index in [0.29, 0.717) is 18.0 Å². The van der Waals surface area contributed by atoms with Crippen molar-refractivity contribution < 1.29 is 14.3 Å². The predicted octanol–water partition coefficient (Wildman–Crippen LogP) is 2.80. The van der Waals surface area contributed by atoms with Crippen molar-refractivity contribution in [1.29, 1.82) is 0 Å². The van der Waals surface area contributed by atoms with E-state index >= 15 is 0 Å². The Morgan fingerprint density at radius 2 is 1.95 bits per heavy atom. The van der Waals surface area contributed by atoms with E-state index in [0.717, 1.165) is 16.9 Å². The molecule has 5 heteroatoms. The molecule has 0 fully saturated rings. The van der Waals surface area contributed by atoms with Crippen LogP contribution in [-0.2, 0) is 4.74 Å². The second kappa shape index (κ2) is 7.07. The minimum absolute atomic E-state index is 0.0631. The number of benzene rings is 1. The van der Waals surface area contributed by atoms with Crippen LogP contribution in [-0.4, -0.2) is 33.3 Å². The molecule has 4 nitrogen and oxygen atoms in total. The van der Waals surface area contributed by atoms with E-state index in [1.807, 2.05) is 35.7 Å². The predicted molar refractivity (Wildman–Crippen MR) is 80.5 cm³/mol. The largest absolute Gasteiger partial charge is 0.497 e. The van der Waals surface area contributed by atoms with Gasteiger partial charge in [-0.2, -0.15) is 0 Å². The zero-order valence-corrected chi connectivity index (χ0v) is 12.3. The van der Waals surface area contributed by atoms with Crippen molar-refractivity contribution in [2.45, 2.75) is 0 Å². The highest BCUT2D eigenvalue weighted by atomic mass is 32.1. The van der Waals surface area contributed by atoms with Gasteiger partial charge >= 0.3 is 0 Å². The van der Waals surface area contributed by atoms with Gasteiger partial charge in [0.1, 0.15) is 5.75 Å². The number of thiophene rings is 1. The third kappa shape index (κ3) is 3.59. The van der Waals surface area contributed by atoms with E-state index < -0.39 is 0 Å². The van der Waals surface area contributed by atoms with Crippen molar-refractivity contribution in [3.63, 3.8) is 0 Å². The lowest BCUT2D eigenvalue weighted by atomic mass is 10.1. The maximum Gasteiger partial charge on any atom is 0.261 e. The summed E-state index contributed by atoms with van der Waals surface area (Å²) in [6, 6.07) is 9.67. The molecule has 0 radical (unpaired) electrons. The number of carbonyl (C=O) groups is 1. The third-order valence-electron chi connectivity index (χ3n) is 2.84. The first-order valence-electron chi connectivity index (χ1n) is 6.24. The molecular weight excluding hydrogens is 274 g/mol. The second-order valence-corrected chi connectivity index (χ2v) is 5.09. The number of rotatable bonds is 6. The fourth-order valence-corrected chi connectivity index (χ4v) is 2.58. The van der Waals surface area contributed by atoms with Crippen LogP contribution in [0.5, 0.6) is 5.75 Å². The molecule has 0 aliphatic heterocycles. The molecule has 0 bridgehead atoms. The van der Waals surface area contributed by atoms with E-state index in [1.165, 1.54) is 11.3 Å². The van der Waals surface area contributed by atoms with Crippen molar-refractivity contribution in [3.05, 3.63) is 40.6 Å². The molecule has 0 aliphatic carbocycles. The molecule has 1 aromatic heterocycles. The summed E-state index contributed by atoms with van der Waals surface area (Å²) < 4.78 is 10.0. The summed E-state index contributed by atoms with van der Waals surface area (Å²) in [4.78, 5) is 12.6. The maximum absolute atomic E-state index is 11.9. The van der Waals surface area contributed by atoms with E-state index in [2.05, 4.69) is 5.32 Å². The summed E-state index contributed by atoms with van der Waals surface area (Å²) >= 11 is 1.44. The van der Waals surface area contributed by atoms with Crippen molar-refractivity contribution in [2.24, 2.45) is 0 Å². The first-order chi connectivity index (χ1) is 9.74. The summed E-state index contributed by atoms with van der Waals surface area (Å²) in [5, 5.41) is 4.79. The van der Waals surface area contributed by atoms with Crippen LogP contribution in [0.25, 0.3) is 11.1 Å². The van der Waals surface area contributed by atoms with Crippen LogP contribution in [0.1, 0.15) is 9.67 Å². The molecule has 0 atom stereocenters. The Morgan fingerprint density at radius 1 is 1.20 bits per heavy atom. The summed E-state index contributed by atoms with van der Waals surface area (Å²) in [5.41, 5.74) is 2.10. The highest BCUT2D eigenvalue weighted by Gasteiger charge is 2.09. The molecule has 0 saturated heterocycles. The number of hydrogen-bond acceptors (Lipinski definition) is 4. The number of nitrogens with one attached hydrogen (secondary N) is 1.